The fraction of sp³-hybridized carbons (Fsp3) is 0.0952. The number of hydrogen-bond acceptors (Lipinski definition) is 4. The molecule has 0 aliphatic heterocycles. The van der Waals surface area contributed by atoms with Crippen LogP contribution in [0.2, 0.25) is 0 Å². The minimum atomic E-state index is -0.236. The lowest BCUT2D eigenvalue weighted by Crippen LogP contribution is -2.22. The Balaban J connectivity index is 1.76. The van der Waals surface area contributed by atoms with E-state index < -0.39 is 0 Å². The van der Waals surface area contributed by atoms with E-state index >= 15 is 0 Å². The highest BCUT2D eigenvalue weighted by molar-refractivity contribution is 9.10. The highest BCUT2D eigenvalue weighted by atomic mass is 79.9. The summed E-state index contributed by atoms with van der Waals surface area (Å²) in [6.07, 6.45) is 1.67. The summed E-state index contributed by atoms with van der Waals surface area (Å²) in [7, 11) is 1.71. The molecule has 2 amide bonds. The maximum atomic E-state index is 12.8. The van der Waals surface area contributed by atoms with Gasteiger partial charge in [0.1, 0.15) is 5.03 Å². The number of nitrogens with zero attached hydrogens (tertiary/aromatic N) is 2. The Morgan fingerprint density at radius 1 is 1.04 bits per heavy atom. The molecule has 0 aliphatic rings. The number of nitrogens with one attached hydrogen (secondary N) is 1. The van der Waals surface area contributed by atoms with Crippen molar-refractivity contribution in [2.24, 2.45) is 0 Å². The quantitative estimate of drug-likeness (QED) is 0.571. The molecule has 5 nitrogen and oxygen atoms in total. The molecule has 0 spiro atoms. The molecule has 2 aromatic carbocycles. The Hall–Kier alpha value is -2.64. The third-order valence-corrected chi connectivity index (χ3v) is 5.58. The average Bonchev–Trinajstić information content (AvgIpc) is 2.70. The molecule has 0 saturated heterocycles. The van der Waals surface area contributed by atoms with Crippen LogP contribution in [0.5, 0.6) is 0 Å². The molecule has 0 bridgehead atoms. The second-order valence-corrected chi connectivity index (χ2v) is 7.97. The second-order valence-electron chi connectivity index (χ2n) is 5.99. The molecule has 28 heavy (non-hydrogen) atoms. The van der Waals surface area contributed by atoms with E-state index in [4.69, 9.17) is 0 Å². The van der Waals surface area contributed by atoms with E-state index in [2.05, 4.69) is 26.2 Å². The zero-order valence-electron chi connectivity index (χ0n) is 15.3. The van der Waals surface area contributed by atoms with Crippen molar-refractivity contribution in [1.29, 1.82) is 0 Å². The van der Waals surface area contributed by atoms with Crippen molar-refractivity contribution < 1.29 is 9.59 Å². The van der Waals surface area contributed by atoms with Gasteiger partial charge in [-0.25, -0.2) is 4.98 Å². The van der Waals surface area contributed by atoms with Crippen LogP contribution in [0.4, 0.5) is 11.4 Å². The molecule has 0 aliphatic carbocycles. The normalized spacial score (nSPS) is 10.4. The number of amides is 2. The van der Waals surface area contributed by atoms with Crippen LogP contribution in [-0.2, 0) is 4.79 Å². The summed E-state index contributed by atoms with van der Waals surface area (Å²) in [4.78, 5) is 31.1. The Morgan fingerprint density at radius 2 is 1.71 bits per heavy atom. The SMILES string of the molecule is CC(=O)N(C)c1ccc(NC(=O)c2cccnc2Sc2ccc(Br)cc2)cc1. The lowest BCUT2D eigenvalue weighted by atomic mass is 10.2. The molecule has 0 fully saturated rings. The largest absolute Gasteiger partial charge is 0.322 e. The van der Waals surface area contributed by atoms with E-state index in [0.29, 0.717) is 16.3 Å². The molecule has 0 saturated carbocycles. The number of aromatic nitrogens is 1. The summed E-state index contributed by atoms with van der Waals surface area (Å²) in [6.45, 7) is 1.50. The molecule has 3 aromatic rings. The van der Waals surface area contributed by atoms with Crippen LogP contribution in [0.1, 0.15) is 17.3 Å². The van der Waals surface area contributed by atoms with Crippen LogP contribution in [0, 0.1) is 0 Å². The molecule has 0 atom stereocenters. The fourth-order valence-corrected chi connectivity index (χ4v) is 3.55. The van der Waals surface area contributed by atoms with Gasteiger partial charge >= 0.3 is 0 Å². The lowest BCUT2D eigenvalue weighted by molar-refractivity contribution is -0.116. The molecule has 1 N–H and O–H groups in total. The molecule has 1 aromatic heterocycles. The summed E-state index contributed by atoms with van der Waals surface area (Å²) >= 11 is 4.85. The van der Waals surface area contributed by atoms with Crippen LogP contribution >= 0.6 is 27.7 Å². The van der Waals surface area contributed by atoms with Gasteiger partial charge in [-0.15, -0.1) is 0 Å². The molecular weight excluding hydrogens is 438 g/mol. The zero-order chi connectivity index (χ0) is 20.1. The number of rotatable bonds is 5. The molecule has 0 unspecified atom stereocenters. The third kappa shape index (κ3) is 4.99. The first-order valence-corrected chi connectivity index (χ1v) is 10.1. The first-order chi connectivity index (χ1) is 13.4. The smallest absolute Gasteiger partial charge is 0.258 e. The number of benzene rings is 2. The van der Waals surface area contributed by atoms with E-state index in [1.54, 1.807) is 54.5 Å². The van der Waals surface area contributed by atoms with Crippen molar-refractivity contribution in [2.75, 3.05) is 17.3 Å². The third-order valence-electron chi connectivity index (χ3n) is 4.03. The first-order valence-electron chi connectivity index (χ1n) is 8.48. The zero-order valence-corrected chi connectivity index (χ0v) is 17.8. The van der Waals surface area contributed by atoms with Gasteiger partial charge in [0.05, 0.1) is 5.56 Å². The van der Waals surface area contributed by atoms with Gasteiger partial charge in [-0.1, -0.05) is 27.7 Å². The minimum Gasteiger partial charge on any atom is -0.322 e. The van der Waals surface area contributed by atoms with Crippen molar-refractivity contribution >= 4 is 50.9 Å². The van der Waals surface area contributed by atoms with E-state index in [9.17, 15) is 9.59 Å². The van der Waals surface area contributed by atoms with Crippen LogP contribution in [0.15, 0.2) is 81.3 Å². The molecule has 3 rings (SSSR count). The monoisotopic (exact) mass is 455 g/mol. The number of carbonyl (C=O) groups excluding carboxylic acids is 2. The van der Waals surface area contributed by atoms with Gasteiger partial charge < -0.3 is 10.2 Å². The number of carbonyl (C=O) groups is 2. The van der Waals surface area contributed by atoms with Gasteiger partial charge in [0.2, 0.25) is 5.91 Å². The number of hydrogen-bond donors (Lipinski definition) is 1. The van der Waals surface area contributed by atoms with Crippen molar-refractivity contribution in [3.8, 4) is 0 Å². The summed E-state index contributed by atoms with van der Waals surface area (Å²) in [5.41, 5.74) is 1.91. The molecule has 1 heterocycles. The predicted molar refractivity (Wildman–Crippen MR) is 116 cm³/mol. The average molecular weight is 456 g/mol. The highest BCUT2D eigenvalue weighted by Gasteiger charge is 2.14. The molecule has 0 radical (unpaired) electrons. The van der Waals surface area contributed by atoms with E-state index in [-0.39, 0.29) is 11.8 Å². The van der Waals surface area contributed by atoms with Crippen LogP contribution in [-0.4, -0.2) is 23.8 Å². The Bertz CT molecular complexity index is 991. The van der Waals surface area contributed by atoms with E-state index in [0.717, 1.165) is 15.1 Å². The Morgan fingerprint density at radius 3 is 2.36 bits per heavy atom. The van der Waals surface area contributed by atoms with Crippen molar-refractivity contribution in [1.82, 2.24) is 4.98 Å². The molecular formula is C21H18BrN3O2S. The number of halogens is 1. The maximum absolute atomic E-state index is 12.8. The number of pyridine rings is 1. The number of anilines is 2. The summed E-state index contributed by atoms with van der Waals surface area (Å²) in [5, 5.41) is 3.52. The van der Waals surface area contributed by atoms with E-state index in [1.807, 2.05) is 24.3 Å². The highest BCUT2D eigenvalue weighted by Crippen LogP contribution is 2.30. The summed E-state index contributed by atoms with van der Waals surface area (Å²) < 4.78 is 0.995. The molecule has 142 valence electrons. The van der Waals surface area contributed by atoms with Gasteiger partial charge in [-0.05, 0) is 60.7 Å². The van der Waals surface area contributed by atoms with Gasteiger partial charge in [0.15, 0.2) is 0 Å². The van der Waals surface area contributed by atoms with Crippen LogP contribution < -0.4 is 10.2 Å². The Labute approximate surface area is 176 Å². The van der Waals surface area contributed by atoms with Crippen LogP contribution in [0.25, 0.3) is 0 Å². The topological polar surface area (TPSA) is 62.3 Å². The van der Waals surface area contributed by atoms with Gasteiger partial charge in [-0.3, -0.25) is 9.59 Å². The maximum Gasteiger partial charge on any atom is 0.258 e. The van der Waals surface area contributed by atoms with Gasteiger partial charge in [0, 0.05) is 40.9 Å². The van der Waals surface area contributed by atoms with Crippen molar-refractivity contribution in [2.45, 2.75) is 16.8 Å². The minimum absolute atomic E-state index is 0.0539. The van der Waals surface area contributed by atoms with E-state index in [1.165, 1.54) is 18.7 Å². The second kappa shape index (κ2) is 9.03. The fourth-order valence-electron chi connectivity index (χ4n) is 2.41. The summed E-state index contributed by atoms with van der Waals surface area (Å²) in [5.74, 6) is -0.290. The van der Waals surface area contributed by atoms with Gasteiger partial charge in [0.25, 0.3) is 5.91 Å². The van der Waals surface area contributed by atoms with Gasteiger partial charge in [-0.2, -0.15) is 0 Å². The molecule has 7 heteroatoms. The first kappa shape index (κ1) is 20.1. The lowest BCUT2D eigenvalue weighted by Gasteiger charge is -2.15. The van der Waals surface area contributed by atoms with Crippen LogP contribution in [0.3, 0.4) is 0 Å². The standard InChI is InChI=1S/C21H18BrN3O2S/c1-14(26)25(2)17-9-7-16(8-10-17)24-20(27)19-4-3-13-23-21(19)28-18-11-5-15(22)6-12-18/h3-13H,1-2H3,(H,24,27). The Kier molecular flexibility index (Phi) is 6.49. The van der Waals surface area contributed by atoms with Crippen molar-refractivity contribution in [3.63, 3.8) is 0 Å². The predicted octanol–water partition coefficient (Wildman–Crippen LogP) is 5.23. The van der Waals surface area contributed by atoms with Crippen molar-refractivity contribution in [3.05, 3.63) is 76.9 Å². The summed E-state index contributed by atoms with van der Waals surface area (Å²) in [6, 6.07) is 18.4.